The monoisotopic (exact) mass is 333 g/mol. The molecule has 0 saturated heterocycles. The normalized spacial score (nSPS) is 39.0. The Bertz CT molecular complexity index is 522. The second-order valence-electron chi connectivity index (χ2n) is 5.42. The Morgan fingerprint density at radius 2 is 1.83 bits per heavy atom. The first-order chi connectivity index (χ1) is 10.7. The number of ether oxygens (including phenoxy) is 1. The van der Waals surface area contributed by atoms with Crippen molar-refractivity contribution in [3.63, 3.8) is 0 Å². The number of aromatic amines is 1. The molecule has 130 valence electrons. The molecule has 1 aromatic rings. The number of nitrogens with one attached hydrogen (secondary N) is 1. The van der Waals surface area contributed by atoms with Crippen LogP contribution in [0.3, 0.4) is 0 Å². The summed E-state index contributed by atoms with van der Waals surface area (Å²) in [6.07, 6.45) is -7.78. The number of aliphatic hydroxyl groups is 6. The average Bonchev–Trinajstić information content (AvgIpc) is 3.02. The second kappa shape index (κ2) is 6.49. The van der Waals surface area contributed by atoms with Crippen molar-refractivity contribution >= 4 is 5.97 Å². The highest BCUT2D eigenvalue weighted by atomic mass is 16.7. The first-order valence-electron chi connectivity index (χ1n) is 6.77. The van der Waals surface area contributed by atoms with Crippen LogP contribution in [0.15, 0.2) is 12.5 Å². The third-order valence-corrected chi connectivity index (χ3v) is 3.76. The number of hydrogen-bond donors (Lipinski definition) is 8. The zero-order chi connectivity index (χ0) is 17.4. The molecular weight excluding hydrogens is 314 g/mol. The molecule has 7 atom stereocenters. The van der Waals surface area contributed by atoms with Crippen LogP contribution in [0.1, 0.15) is 5.69 Å². The maximum Gasteiger partial charge on any atom is 0.326 e. The highest BCUT2D eigenvalue weighted by Crippen LogP contribution is 2.31. The van der Waals surface area contributed by atoms with Gasteiger partial charge >= 0.3 is 5.97 Å². The van der Waals surface area contributed by atoms with E-state index in [2.05, 4.69) is 14.7 Å². The quantitative estimate of drug-likeness (QED) is 0.195. The third kappa shape index (κ3) is 3.21. The summed E-state index contributed by atoms with van der Waals surface area (Å²) >= 11 is 0. The molecule has 0 spiro atoms. The van der Waals surface area contributed by atoms with E-state index in [4.69, 9.17) is 5.73 Å². The third-order valence-electron chi connectivity index (χ3n) is 3.76. The van der Waals surface area contributed by atoms with Gasteiger partial charge in [-0.05, 0) is 0 Å². The predicted octanol–water partition coefficient (Wildman–Crippen LogP) is -4.67. The van der Waals surface area contributed by atoms with Gasteiger partial charge in [-0.2, -0.15) is 0 Å². The lowest BCUT2D eigenvalue weighted by Gasteiger charge is -2.46. The summed E-state index contributed by atoms with van der Waals surface area (Å²) in [5.74, 6) is -4.23. The van der Waals surface area contributed by atoms with Gasteiger partial charge in [-0.15, -0.1) is 0 Å². The van der Waals surface area contributed by atoms with Crippen molar-refractivity contribution in [3.05, 3.63) is 18.2 Å². The molecule has 0 bridgehead atoms. The molecule has 0 aromatic carbocycles. The van der Waals surface area contributed by atoms with E-state index >= 15 is 0 Å². The maximum atomic E-state index is 11.9. The van der Waals surface area contributed by atoms with Gasteiger partial charge in [0.2, 0.25) is 0 Å². The lowest BCUT2D eigenvalue weighted by Crippen LogP contribution is -2.72. The lowest BCUT2D eigenvalue weighted by molar-refractivity contribution is -0.348. The Morgan fingerprint density at radius 3 is 2.30 bits per heavy atom. The number of nitrogens with two attached hydrogens (primary N) is 1. The van der Waals surface area contributed by atoms with E-state index in [9.17, 15) is 35.4 Å². The van der Waals surface area contributed by atoms with Crippen LogP contribution in [0.5, 0.6) is 0 Å². The van der Waals surface area contributed by atoms with Crippen molar-refractivity contribution in [2.45, 2.75) is 48.8 Å². The van der Waals surface area contributed by atoms with E-state index < -0.39 is 48.3 Å². The van der Waals surface area contributed by atoms with Crippen LogP contribution in [0.4, 0.5) is 0 Å². The number of nitrogens with zero attached hydrogens (tertiary/aromatic N) is 1. The SMILES string of the molecule is N[C@@H](Cc1cnc[nH]1)C(=O)O[C@]1(O)[C@H](O)[C@H](O)[C@@H](O)[C@H](O)[C@H]1O. The standard InChI is InChI=1S/C12H19N3O8/c13-5(1-4-2-14-3-15-4)11(21)23-12(22)9(19)7(17)6(16)8(18)10(12)20/h2-3,5-10,16-20,22H,1,13H2,(H,14,15)/t5-,6-,7-,8+,9+,10+,12-/m0/s1. The van der Waals surface area contributed by atoms with Gasteiger partial charge in [0, 0.05) is 18.3 Å². The zero-order valence-electron chi connectivity index (χ0n) is 11.9. The number of carbonyl (C=O) groups excluding carboxylic acids is 1. The minimum Gasteiger partial charge on any atom is -0.426 e. The summed E-state index contributed by atoms with van der Waals surface area (Å²) in [6.45, 7) is 0. The first-order valence-corrected chi connectivity index (χ1v) is 6.77. The molecule has 0 radical (unpaired) electrons. The van der Waals surface area contributed by atoms with Crippen LogP contribution < -0.4 is 5.73 Å². The number of imidazole rings is 1. The molecule has 1 aliphatic rings. The average molecular weight is 333 g/mol. The largest absolute Gasteiger partial charge is 0.426 e. The van der Waals surface area contributed by atoms with Crippen molar-refractivity contribution < 1.29 is 40.2 Å². The van der Waals surface area contributed by atoms with E-state index in [-0.39, 0.29) is 6.42 Å². The van der Waals surface area contributed by atoms with Crippen molar-refractivity contribution in [2.24, 2.45) is 5.73 Å². The van der Waals surface area contributed by atoms with E-state index in [0.29, 0.717) is 5.69 Å². The minimum absolute atomic E-state index is 0.0329. The van der Waals surface area contributed by atoms with Crippen LogP contribution in [-0.2, 0) is 16.0 Å². The molecule has 1 aliphatic carbocycles. The van der Waals surface area contributed by atoms with Crippen molar-refractivity contribution in [3.8, 4) is 0 Å². The minimum atomic E-state index is -3.03. The Morgan fingerprint density at radius 1 is 1.26 bits per heavy atom. The number of H-pyrrole nitrogens is 1. The van der Waals surface area contributed by atoms with Gasteiger partial charge in [0.1, 0.15) is 24.4 Å². The summed E-state index contributed by atoms with van der Waals surface area (Å²) in [6, 6.07) is -1.28. The fourth-order valence-corrected chi connectivity index (χ4v) is 2.31. The predicted molar refractivity (Wildman–Crippen MR) is 71.3 cm³/mol. The summed E-state index contributed by atoms with van der Waals surface area (Å²) in [7, 11) is 0. The number of esters is 1. The molecule has 1 aromatic heterocycles. The van der Waals surface area contributed by atoms with E-state index in [0.717, 1.165) is 0 Å². The molecule has 9 N–H and O–H groups in total. The van der Waals surface area contributed by atoms with Crippen LogP contribution >= 0.6 is 0 Å². The number of aliphatic hydroxyl groups excluding tert-OH is 5. The van der Waals surface area contributed by atoms with Gasteiger partial charge in [-0.3, -0.25) is 4.79 Å². The van der Waals surface area contributed by atoms with Gasteiger partial charge in [0.25, 0.3) is 5.79 Å². The number of aromatic nitrogens is 2. The van der Waals surface area contributed by atoms with Gasteiger partial charge < -0.3 is 46.1 Å². The summed E-state index contributed by atoms with van der Waals surface area (Å²) in [5.41, 5.74) is 6.10. The number of carbonyl (C=O) groups is 1. The first kappa shape index (κ1) is 17.7. The Balaban J connectivity index is 2.11. The zero-order valence-corrected chi connectivity index (χ0v) is 11.9. The van der Waals surface area contributed by atoms with Crippen LogP contribution in [0.25, 0.3) is 0 Å². The molecule has 1 saturated carbocycles. The maximum absolute atomic E-state index is 11.9. The summed E-state index contributed by atoms with van der Waals surface area (Å²) < 4.78 is 4.63. The topological polar surface area (TPSA) is 202 Å². The molecule has 2 rings (SSSR count). The molecule has 11 heteroatoms. The molecule has 0 aliphatic heterocycles. The van der Waals surface area contributed by atoms with Crippen LogP contribution in [0.2, 0.25) is 0 Å². The number of hydrogen-bond acceptors (Lipinski definition) is 10. The van der Waals surface area contributed by atoms with Crippen molar-refractivity contribution in [1.82, 2.24) is 9.97 Å². The van der Waals surface area contributed by atoms with Gasteiger partial charge in [-0.25, -0.2) is 4.98 Å². The molecule has 1 fully saturated rings. The summed E-state index contributed by atoms with van der Waals surface area (Å²) in [4.78, 5) is 18.4. The molecular formula is C12H19N3O8. The van der Waals surface area contributed by atoms with Gasteiger partial charge in [-0.1, -0.05) is 0 Å². The molecule has 11 nitrogen and oxygen atoms in total. The molecule has 1 heterocycles. The Hall–Kier alpha value is -1.60. The van der Waals surface area contributed by atoms with Crippen LogP contribution in [0, 0.1) is 0 Å². The summed E-state index contributed by atoms with van der Waals surface area (Å²) in [5, 5.41) is 58.3. The second-order valence-corrected chi connectivity index (χ2v) is 5.42. The van der Waals surface area contributed by atoms with E-state index in [1.807, 2.05) is 0 Å². The van der Waals surface area contributed by atoms with Gasteiger partial charge in [0.05, 0.1) is 6.33 Å². The number of rotatable bonds is 4. The van der Waals surface area contributed by atoms with E-state index in [1.165, 1.54) is 12.5 Å². The van der Waals surface area contributed by atoms with Gasteiger partial charge in [0.15, 0.2) is 12.2 Å². The Kier molecular flexibility index (Phi) is 5.01. The molecule has 23 heavy (non-hydrogen) atoms. The smallest absolute Gasteiger partial charge is 0.326 e. The van der Waals surface area contributed by atoms with E-state index in [1.54, 1.807) is 0 Å². The fourth-order valence-electron chi connectivity index (χ4n) is 2.31. The highest BCUT2D eigenvalue weighted by molar-refractivity contribution is 5.76. The van der Waals surface area contributed by atoms with Crippen molar-refractivity contribution in [1.29, 1.82) is 0 Å². The molecule has 0 unspecified atom stereocenters. The Labute approximate surface area is 130 Å². The van der Waals surface area contributed by atoms with Crippen molar-refractivity contribution in [2.75, 3.05) is 0 Å². The highest BCUT2D eigenvalue weighted by Gasteiger charge is 2.60. The lowest BCUT2D eigenvalue weighted by atomic mass is 9.82. The fraction of sp³-hybridized carbons (Fsp3) is 0.667. The van der Waals surface area contributed by atoms with Crippen LogP contribution in [-0.4, -0.2) is 88.9 Å². The molecule has 0 amide bonds.